The first-order chi connectivity index (χ1) is 29.9. The summed E-state index contributed by atoms with van der Waals surface area (Å²) in [6.07, 6.45) is 13.0. The zero-order valence-corrected chi connectivity index (χ0v) is 38.9. The van der Waals surface area contributed by atoms with Gasteiger partial charge in [0.05, 0.1) is 11.6 Å². The molecule has 3 unspecified atom stereocenters. The van der Waals surface area contributed by atoms with Crippen LogP contribution in [0.25, 0.3) is 11.1 Å². The number of aliphatic hydroxyl groups is 1. The third-order valence-electron chi connectivity index (χ3n) is 11.0. The van der Waals surface area contributed by atoms with Gasteiger partial charge in [-0.3, -0.25) is 14.4 Å². The number of alkyl carbamates (subject to hydrolysis) is 1. The van der Waals surface area contributed by atoms with Crippen LogP contribution in [0.3, 0.4) is 0 Å². The van der Waals surface area contributed by atoms with Crippen molar-refractivity contribution in [2.45, 2.75) is 199 Å². The molecule has 3 rings (SSSR count). The SMILES string of the molecule is CC(C)(C)OC(=O)CCCCCCCCCCCCCCC(=O)NC(CCC(=O)NCCCCC(NC(=O)OCC1c2ccccc2-c2ccccc21)C(=O)O)C(O)OC(C)(C)C. The number of hydrogen-bond acceptors (Lipinski definition) is 9. The lowest BCUT2D eigenvalue weighted by molar-refractivity contribution is -0.183. The molecule has 0 bridgehead atoms. The third kappa shape index (κ3) is 21.6. The van der Waals surface area contributed by atoms with Crippen molar-refractivity contribution >= 4 is 29.8 Å². The predicted molar refractivity (Wildman–Crippen MR) is 245 cm³/mol. The van der Waals surface area contributed by atoms with E-state index in [0.717, 1.165) is 67.2 Å². The first-order valence-electron chi connectivity index (χ1n) is 23.4. The lowest BCUT2D eigenvalue weighted by Crippen LogP contribution is -2.47. The molecule has 63 heavy (non-hydrogen) atoms. The minimum atomic E-state index is -1.30. The van der Waals surface area contributed by atoms with Crippen molar-refractivity contribution in [3.05, 3.63) is 59.7 Å². The molecule has 1 aliphatic carbocycles. The van der Waals surface area contributed by atoms with E-state index >= 15 is 0 Å². The molecular weight excluding hydrogens is 803 g/mol. The van der Waals surface area contributed by atoms with E-state index in [-0.39, 0.29) is 49.6 Å². The number of fused-ring (bicyclic) bond motifs is 3. The number of esters is 1. The van der Waals surface area contributed by atoms with E-state index in [2.05, 4.69) is 16.0 Å². The number of aliphatic carboxylic acids is 1. The molecule has 3 atom stereocenters. The van der Waals surface area contributed by atoms with Crippen LogP contribution < -0.4 is 16.0 Å². The summed E-state index contributed by atoms with van der Waals surface area (Å²) < 4.78 is 16.6. The standard InChI is InChI=1S/C50H77N3O10/c1-49(2,3)62-45(56)31-18-16-14-12-10-8-7-9-11-13-15-17-30-44(55)52-42(47(59)63-50(4,5)6)32-33-43(54)51-34-24-23-29-41(46(57)58)53-48(60)61-35-40-38-27-21-19-25-36(38)37-26-20-22-28-39(37)40/h19-22,25-28,40-42,47,59H,7-18,23-24,29-35H2,1-6H3,(H,51,54)(H,52,55)(H,53,60)(H,57,58). The average molecular weight is 880 g/mol. The molecular formula is C50H77N3O10. The highest BCUT2D eigenvalue weighted by Gasteiger charge is 2.30. The molecule has 0 aromatic heterocycles. The van der Waals surface area contributed by atoms with Gasteiger partial charge in [-0.15, -0.1) is 0 Å². The van der Waals surface area contributed by atoms with Gasteiger partial charge < -0.3 is 40.4 Å². The van der Waals surface area contributed by atoms with Gasteiger partial charge in [-0.25, -0.2) is 9.59 Å². The number of rotatable bonds is 30. The summed E-state index contributed by atoms with van der Waals surface area (Å²) in [4.78, 5) is 62.1. The van der Waals surface area contributed by atoms with E-state index in [0.29, 0.717) is 32.2 Å². The fourth-order valence-corrected chi connectivity index (χ4v) is 7.84. The van der Waals surface area contributed by atoms with Crippen molar-refractivity contribution in [2.75, 3.05) is 13.2 Å². The maximum Gasteiger partial charge on any atom is 0.407 e. The molecule has 0 heterocycles. The fraction of sp³-hybridized carbons (Fsp3) is 0.660. The molecule has 2 aromatic rings. The van der Waals surface area contributed by atoms with Gasteiger partial charge in [0.2, 0.25) is 11.8 Å². The molecule has 13 heteroatoms. The molecule has 2 aromatic carbocycles. The highest BCUT2D eigenvalue weighted by molar-refractivity contribution is 5.81. The summed E-state index contributed by atoms with van der Waals surface area (Å²) in [6.45, 7) is 11.5. The Morgan fingerprint density at radius 3 is 1.67 bits per heavy atom. The van der Waals surface area contributed by atoms with Crippen LogP contribution in [0.2, 0.25) is 0 Å². The zero-order valence-electron chi connectivity index (χ0n) is 38.9. The van der Waals surface area contributed by atoms with Crippen LogP contribution in [-0.4, -0.2) is 82.8 Å². The molecule has 13 nitrogen and oxygen atoms in total. The second-order valence-corrected chi connectivity index (χ2v) is 18.9. The number of carbonyl (C=O) groups excluding carboxylic acids is 4. The summed E-state index contributed by atoms with van der Waals surface area (Å²) in [5, 5.41) is 28.8. The largest absolute Gasteiger partial charge is 0.480 e. The number of carbonyl (C=O) groups is 5. The molecule has 3 amide bonds. The summed E-state index contributed by atoms with van der Waals surface area (Å²) in [5.74, 6) is -1.88. The molecule has 0 spiro atoms. The van der Waals surface area contributed by atoms with Crippen LogP contribution in [0, 0.1) is 0 Å². The van der Waals surface area contributed by atoms with E-state index in [1.54, 1.807) is 20.8 Å². The monoisotopic (exact) mass is 880 g/mol. The molecule has 0 saturated heterocycles. The number of aliphatic hydroxyl groups excluding tert-OH is 1. The van der Waals surface area contributed by atoms with Gasteiger partial charge >= 0.3 is 18.0 Å². The highest BCUT2D eigenvalue weighted by atomic mass is 16.6. The topological polar surface area (TPSA) is 190 Å². The lowest BCUT2D eigenvalue weighted by Gasteiger charge is -2.30. The maximum absolute atomic E-state index is 12.9. The second-order valence-electron chi connectivity index (χ2n) is 18.9. The van der Waals surface area contributed by atoms with Crippen LogP contribution in [-0.2, 0) is 33.4 Å². The maximum atomic E-state index is 12.9. The molecule has 0 aliphatic heterocycles. The lowest BCUT2D eigenvalue weighted by atomic mass is 9.98. The first-order valence-corrected chi connectivity index (χ1v) is 23.4. The summed E-state index contributed by atoms with van der Waals surface area (Å²) in [7, 11) is 0. The number of ether oxygens (including phenoxy) is 3. The van der Waals surface area contributed by atoms with Crippen LogP contribution in [0.4, 0.5) is 4.79 Å². The number of amides is 3. The fourth-order valence-electron chi connectivity index (χ4n) is 7.84. The number of carboxylic acids is 1. The Hall–Kier alpha value is -4.49. The zero-order chi connectivity index (χ0) is 46.3. The van der Waals surface area contributed by atoms with E-state index < -0.39 is 41.6 Å². The van der Waals surface area contributed by atoms with Crippen molar-refractivity contribution in [1.29, 1.82) is 0 Å². The normalized spacial score (nSPS) is 13.9. The Morgan fingerprint density at radius 1 is 0.619 bits per heavy atom. The Bertz CT molecular complexity index is 1670. The molecule has 5 N–H and O–H groups in total. The van der Waals surface area contributed by atoms with Gasteiger partial charge in [0.1, 0.15) is 18.2 Å². The molecule has 0 radical (unpaired) electrons. The van der Waals surface area contributed by atoms with Gasteiger partial charge in [-0.2, -0.15) is 0 Å². The van der Waals surface area contributed by atoms with Crippen LogP contribution in [0.1, 0.15) is 181 Å². The summed E-state index contributed by atoms with van der Waals surface area (Å²) >= 11 is 0. The first kappa shape index (κ1) is 52.9. The van der Waals surface area contributed by atoms with Crippen molar-refractivity contribution < 1.29 is 48.4 Å². The number of nitrogens with one attached hydrogen (secondary N) is 3. The Morgan fingerprint density at radius 2 is 1.14 bits per heavy atom. The van der Waals surface area contributed by atoms with Crippen molar-refractivity contribution in [3.8, 4) is 11.1 Å². The minimum Gasteiger partial charge on any atom is -0.480 e. The van der Waals surface area contributed by atoms with Crippen molar-refractivity contribution in [2.24, 2.45) is 0 Å². The quantitative estimate of drug-likeness (QED) is 0.0287. The van der Waals surface area contributed by atoms with Gasteiger partial charge in [0, 0.05) is 31.7 Å². The van der Waals surface area contributed by atoms with Gasteiger partial charge in [-0.1, -0.05) is 113 Å². The van der Waals surface area contributed by atoms with E-state index in [1.165, 1.54) is 32.1 Å². The van der Waals surface area contributed by atoms with Crippen LogP contribution in [0.5, 0.6) is 0 Å². The minimum absolute atomic E-state index is 0.0463. The van der Waals surface area contributed by atoms with E-state index in [4.69, 9.17) is 14.2 Å². The van der Waals surface area contributed by atoms with Crippen LogP contribution >= 0.6 is 0 Å². The van der Waals surface area contributed by atoms with Gasteiger partial charge in [0.25, 0.3) is 0 Å². The summed E-state index contributed by atoms with van der Waals surface area (Å²) in [5.41, 5.74) is 3.23. The molecule has 1 aliphatic rings. The number of carboxylic acid groups (broad SMARTS) is 1. The highest BCUT2D eigenvalue weighted by Crippen LogP contribution is 2.44. The number of benzene rings is 2. The number of hydrogen-bond donors (Lipinski definition) is 5. The van der Waals surface area contributed by atoms with Crippen LogP contribution in [0.15, 0.2) is 48.5 Å². The van der Waals surface area contributed by atoms with Gasteiger partial charge in [0.15, 0.2) is 6.29 Å². The molecule has 0 fully saturated rings. The Balaban J connectivity index is 1.26. The Kier molecular flexibility index (Phi) is 23.2. The van der Waals surface area contributed by atoms with Crippen molar-refractivity contribution in [1.82, 2.24) is 16.0 Å². The van der Waals surface area contributed by atoms with E-state index in [9.17, 15) is 34.2 Å². The third-order valence-corrected chi connectivity index (χ3v) is 11.0. The Labute approximate surface area is 376 Å². The smallest absolute Gasteiger partial charge is 0.407 e. The molecule has 352 valence electrons. The molecule has 0 saturated carbocycles. The average Bonchev–Trinajstić information content (AvgIpc) is 3.53. The summed E-state index contributed by atoms with van der Waals surface area (Å²) in [6, 6.07) is 14.0. The second kappa shape index (κ2) is 27.6. The van der Waals surface area contributed by atoms with E-state index in [1.807, 2.05) is 69.3 Å². The van der Waals surface area contributed by atoms with Crippen molar-refractivity contribution in [3.63, 3.8) is 0 Å². The predicted octanol–water partition coefficient (Wildman–Crippen LogP) is 9.47. The number of unbranched alkanes of at least 4 members (excludes halogenated alkanes) is 12. The van der Waals surface area contributed by atoms with Gasteiger partial charge in [-0.05, 0) is 102 Å².